The quantitative estimate of drug-likeness (QED) is 0.668. The molecular formula is C14H26N4O2S. The standard InChI is InChI=1S/C14H26N4O2S/c1-4-9-18(5-2)10-8-17-21(19,20)14-7-6-13(11-15-3)12-16-14/h6-7,12,15,17H,4-5,8-11H2,1-3H3. The molecular weight excluding hydrogens is 288 g/mol. The minimum atomic E-state index is -3.52. The summed E-state index contributed by atoms with van der Waals surface area (Å²) in [4.78, 5) is 6.23. The number of rotatable bonds is 10. The number of aromatic nitrogens is 1. The van der Waals surface area contributed by atoms with E-state index in [0.717, 1.165) is 25.1 Å². The van der Waals surface area contributed by atoms with E-state index in [-0.39, 0.29) is 5.03 Å². The van der Waals surface area contributed by atoms with Gasteiger partial charge < -0.3 is 10.2 Å². The van der Waals surface area contributed by atoms with Crippen LogP contribution in [0.3, 0.4) is 0 Å². The number of nitrogens with zero attached hydrogens (tertiary/aromatic N) is 2. The number of pyridine rings is 1. The van der Waals surface area contributed by atoms with E-state index >= 15 is 0 Å². The third-order valence-electron chi connectivity index (χ3n) is 3.16. The highest BCUT2D eigenvalue weighted by Gasteiger charge is 2.15. The Bertz CT molecular complexity index is 502. The van der Waals surface area contributed by atoms with Gasteiger partial charge in [-0.15, -0.1) is 0 Å². The highest BCUT2D eigenvalue weighted by Crippen LogP contribution is 2.06. The third-order valence-corrected chi connectivity index (χ3v) is 4.54. The topological polar surface area (TPSA) is 74.3 Å². The lowest BCUT2D eigenvalue weighted by atomic mass is 10.3. The predicted molar refractivity (Wildman–Crippen MR) is 84.6 cm³/mol. The Morgan fingerprint density at radius 3 is 2.52 bits per heavy atom. The zero-order valence-electron chi connectivity index (χ0n) is 13.1. The van der Waals surface area contributed by atoms with Crippen LogP contribution < -0.4 is 10.0 Å². The molecule has 1 rings (SSSR count). The fourth-order valence-electron chi connectivity index (χ4n) is 2.03. The van der Waals surface area contributed by atoms with Crippen LogP contribution in [-0.4, -0.2) is 51.5 Å². The van der Waals surface area contributed by atoms with Crippen LogP contribution in [0.25, 0.3) is 0 Å². The molecule has 6 nitrogen and oxygen atoms in total. The van der Waals surface area contributed by atoms with Crippen molar-refractivity contribution in [2.75, 3.05) is 33.2 Å². The van der Waals surface area contributed by atoms with Gasteiger partial charge in [-0.05, 0) is 38.2 Å². The molecule has 0 aromatic carbocycles. The van der Waals surface area contributed by atoms with Crippen LogP contribution in [-0.2, 0) is 16.6 Å². The summed E-state index contributed by atoms with van der Waals surface area (Å²) >= 11 is 0. The van der Waals surface area contributed by atoms with Crippen molar-refractivity contribution >= 4 is 10.0 Å². The van der Waals surface area contributed by atoms with Crippen LogP contribution in [0.4, 0.5) is 0 Å². The van der Waals surface area contributed by atoms with Gasteiger partial charge in [0.05, 0.1) is 0 Å². The molecule has 0 saturated carbocycles. The molecule has 0 atom stereocenters. The highest BCUT2D eigenvalue weighted by atomic mass is 32.2. The number of hydrogen-bond acceptors (Lipinski definition) is 5. The van der Waals surface area contributed by atoms with Gasteiger partial charge in [0, 0.05) is 25.8 Å². The summed E-state index contributed by atoms with van der Waals surface area (Å²) in [7, 11) is -1.68. The average Bonchev–Trinajstić information content (AvgIpc) is 2.47. The number of sulfonamides is 1. The number of nitrogens with one attached hydrogen (secondary N) is 2. The molecule has 21 heavy (non-hydrogen) atoms. The Morgan fingerprint density at radius 1 is 1.24 bits per heavy atom. The second-order valence-corrected chi connectivity index (χ2v) is 6.58. The van der Waals surface area contributed by atoms with Crippen LogP contribution in [0.2, 0.25) is 0 Å². The molecule has 0 spiro atoms. The Labute approximate surface area is 128 Å². The molecule has 1 aromatic heterocycles. The molecule has 0 aliphatic heterocycles. The van der Waals surface area contributed by atoms with Crippen molar-refractivity contribution in [1.82, 2.24) is 19.9 Å². The first-order valence-corrected chi connectivity index (χ1v) is 8.83. The van der Waals surface area contributed by atoms with E-state index in [1.54, 1.807) is 18.3 Å². The maximum atomic E-state index is 12.1. The molecule has 120 valence electrons. The van der Waals surface area contributed by atoms with Crippen molar-refractivity contribution in [3.63, 3.8) is 0 Å². The van der Waals surface area contributed by atoms with Gasteiger partial charge in [-0.25, -0.2) is 18.1 Å². The summed E-state index contributed by atoms with van der Waals surface area (Å²) in [5.74, 6) is 0. The maximum absolute atomic E-state index is 12.1. The fourth-order valence-corrected chi connectivity index (χ4v) is 2.98. The van der Waals surface area contributed by atoms with Crippen molar-refractivity contribution in [3.05, 3.63) is 23.9 Å². The summed E-state index contributed by atoms with van der Waals surface area (Å²) in [5.41, 5.74) is 0.955. The molecule has 1 aromatic rings. The van der Waals surface area contributed by atoms with E-state index in [2.05, 4.69) is 33.8 Å². The second kappa shape index (κ2) is 9.09. The van der Waals surface area contributed by atoms with Crippen molar-refractivity contribution in [3.8, 4) is 0 Å². The highest BCUT2D eigenvalue weighted by molar-refractivity contribution is 7.89. The first-order chi connectivity index (χ1) is 10.0. The lowest BCUT2D eigenvalue weighted by Gasteiger charge is -2.19. The van der Waals surface area contributed by atoms with E-state index in [1.807, 2.05) is 7.05 Å². The largest absolute Gasteiger partial charge is 0.316 e. The predicted octanol–water partition coefficient (Wildman–Crippen LogP) is 0.811. The smallest absolute Gasteiger partial charge is 0.258 e. The van der Waals surface area contributed by atoms with E-state index in [0.29, 0.717) is 19.6 Å². The van der Waals surface area contributed by atoms with Crippen molar-refractivity contribution in [2.24, 2.45) is 0 Å². The maximum Gasteiger partial charge on any atom is 0.258 e. The molecule has 0 aliphatic rings. The normalized spacial score (nSPS) is 12.0. The van der Waals surface area contributed by atoms with Gasteiger partial charge in [0.2, 0.25) is 0 Å². The minimum absolute atomic E-state index is 0.0703. The van der Waals surface area contributed by atoms with Gasteiger partial charge in [0.1, 0.15) is 0 Å². The summed E-state index contributed by atoms with van der Waals surface area (Å²) in [5, 5.41) is 3.07. The molecule has 0 saturated heterocycles. The minimum Gasteiger partial charge on any atom is -0.316 e. The van der Waals surface area contributed by atoms with Crippen LogP contribution in [0.1, 0.15) is 25.8 Å². The molecule has 0 unspecified atom stereocenters. The number of hydrogen-bond donors (Lipinski definition) is 2. The first kappa shape index (κ1) is 18.0. The van der Waals surface area contributed by atoms with Crippen LogP contribution in [0, 0.1) is 0 Å². The lowest BCUT2D eigenvalue weighted by molar-refractivity contribution is 0.293. The molecule has 0 bridgehead atoms. The summed E-state index contributed by atoms with van der Waals surface area (Å²) < 4.78 is 26.8. The summed E-state index contributed by atoms with van der Waals surface area (Å²) in [6.07, 6.45) is 2.65. The molecule has 0 radical (unpaired) electrons. The van der Waals surface area contributed by atoms with Crippen LogP contribution >= 0.6 is 0 Å². The second-order valence-electron chi connectivity index (χ2n) is 4.87. The van der Waals surface area contributed by atoms with Gasteiger partial charge >= 0.3 is 0 Å². The first-order valence-electron chi connectivity index (χ1n) is 7.35. The Balaban J connectivity index is 2.56. The van der Waals surface area contributed by atoms with E-state index in [9.17, 15) is 8.42 Å². The van der Waals surface area contributed by atoms with Gasteiger partial charge in [-0.2, -0.15) is 0 Å². The van der Waals surface area contributed by atoms with Gasteiger partial charge in [-0.3, -0.25) is 0 Å². The molecule has 0 fully saturated rings. The average molecular weight is 314 g/mol. The van der Waals surface area contributed by atoms with Gasteiger partial charge in [-0.1, -0.05) is 19.9 Å². The zero-order chi connectivity index (χ0) is 15.7. The van der Waals surface area contributed by atoms with Gasteiger partial charge in [0.15, 0.2) is 5.03 Å². The third kappa shape index (κ3) is 6.09. The Morgan fingerprint density at radius 2 is 2.00 bits per heavy atom. The summed E-state index contributed by atoms with van der Waals surface area (Å²) in [6, 6.07) is 3.31. The molecule has 0 amide bonds. The van der Waals surface area contributed by atoms with Crippen molar-refractivity contribution in [2.45, 2.75) is 31.8 Å². The van der Waals surface area contributed by atoms with Crippen molar-refractivity contribution < 1.29 is 8.42 Å². The lowest BCUT2D eigenvalue weighted by Crippen LogP contribution is -2.35. The molecule has 2 N–H and O–H groups in total. The Hall–Kier alpha value is -1.02. The summed E-state index contributed by atoms with van der Waals surface area (Å²) in [6.45, 7) is 7.87. The SMILES string of the molecule is CCCN(CC)CCNS(=O)(=O)c1ccc(CNC)cn1. The fraction of sp³-hybridized carbons (Fsp3) is 0.643. The monoisotopic (exact) mass is 314 g/mol. The Kier molecular flexibility index (Phi) is 7.81. The molecule has 7 heteroatoms. The van der Waals surface area contributed by atoms with Crippen molar-refractivity contribution in [1.29, 1.82) is 0 Å². The number of likely N-dealkylation sites (N-methyl/N-ethyl adjacent to an activating group) is 1. The molecule has 0 aliphatic carbocycles. The zero-order valence-corrected chi connectivity index (χ0v) is 13.9. The van der Waals surface area contributed by atoms with Gasteiger partial charge in [0.25, 0.3) is 10.0 Å². The van der Waals surface area contributed by atoms with E-state index in [1.165, 1.54) is 0 Å². The van der Waals surface area contributed by atoms with Crippen LogP contribution in [0.15, 0.2) is 23.4 Å². The van der Waals surface area contributed by atoms with E-state index in [4.69, 9.17) is 0 Å². The van der Waals surface area contributed by atoms with Crippen LogP contribution in [0.5, 0.6) is 0 Å². The van der Waals surface area contributed by atoms with E-state index < -0.39 is 10.0 Å². The molecule has 1 heterocycles.